The Kier molecular flexibility index (Phi) is 9.67. The molecule has 0 heterocycles. The minimum atomic E-state index is -3.97. The second kappa shape index (κ2) is 11.2. The van der Waals surface area contributed by atoms with Gasteiger partial charge in [0.15, 0.2) is 11.5 Å². The Bertz CT molecular complexity index is 894. The van der Waals surface area contributed by atoms with Crippen LogP contribution in [0.25, 0.3) is 0 Å². The van der Waals surface area contributed by atoms with Crippen LogP contribution in [0.1, 0.15) is 18.6 Å². The van der Waals surface area contributed by atoms with Crippen LogP contribution < -0.4 is 24.7 Å². The van der Waals surface area contributed by atoms with Crippen molar-refractivity contribution >= 4 is 22.4 Å². The molecule has 0 spiro atoms. The van der Waals surface area contributed by atoms with Gasteiger partial charge >= 0.3 is 0 Å². The van der Waals surface area contributed by atoms with Gasteiger partial charge in [-0.05, 0) is 36.8 Å². The summed E-state index contributed by atoms with van der Waals surface area (Å²) in [6.45, 7) is 2.47. The first-order chi connectivity index (χ1) is 13.3. The van der Waals surface area contributed by atoms with E-state index in [1.807, 2.05) is 31.2 Å². The van der Waals surface area contributed by atoms with Crippen molar-refractivity contribution in [1.82, 2.24) is 5.32 Å². The summed E-state index contributed by atoms with van der Waals surface area (Å²) >= 11 is 0. The van der Waals surface area contributed by atoms with E-state index in [4.69, 9.17) is 19.3 Å². The first-order valence-corrected chi connectivity index (χ1v) is 10.2. The predicted octanol–water partition coefficient (Wildman–Crippen LogP) is 1.86. The molecule has 0 saturated carbocycles. The van der Waals surface area contributed by atoms with E-state index in [2.05, 4.69) is 5.32 Å². The SMILES string of the molecule is COc1ccccc1OCC(C)NCC(O)c1ccc(OC)c(S(N)(=O)=O)c1.Cl. The predicted molar refractivity (Wildman–Crippen MR) is 113 cm³/mol. The average molecular weight is 447 g/mol. The second-order valence-corrected chi connectivity index (χ2v) is 7.77. The number of benzene rings is 2. The lowest BCUT2D eigenvalue weighted by Crippen LogP contribution is -2.35. The Morgan fingerprint density at radius 2 is 1.69 bits per heavy atom. The summed E-state index contributed by atoms with van der Waals surface area (Å²) in [7, 11) is -1.04. The molecule has 0 bridgehead atoms. The van der Waals surface area contributed by atoms with E-state index in [0.29, 0.717) is 23.7 Å². The van der Waals surface area contributed by atoms with Crippen LogP contribution in [0.2, 0.25) is 0 Å². The lowest BCUT2D eigenvalue weighted by Gasteiger charge is -2.19. The zero-order valence-electron chi connectivity index (χ0n) is 16.5. The molecular formula is C19H27ClN2O6S. The zero-order valence-corrected chi connectivity index (χ0v) is 18.1. The van der Waals surface area contributed by atoms with Crippen LogP contribution >= 0.6 is 12.4 Å². The van der Waals surface area contributed by atoms with Gasteiger partial charge in [-0.2, -0.15) is 0 Å². The molecule has 2 rings (SSSR count). The highest BCUT2D eigenvalue weighted by Crippen LogP contribution is 2.27. The molecule has 2 aromatic rings. The molecule has 0 aliphatic rings. The first kappa shape index (κ1) is 25.0. The number of hydrogen-bond acceptors (Lipinski definition) is 7. The molecule has 2 atom stereocenters. The van der Waals surface area contributed by atoms with Crippen LogP contribution in [0.3, 0.4) is 0 Å². The number of halogens is 1. The van der Waals surface area contributed by atoms with Crippen molar-refractivity contribution in [2.24, 2.45) is 5.14 Å². The molecule has 29 heavy (non-hydrogen) atoms. The topological polar surface area (TPSA) is 120 Å². The Labute approximate surface area is 177 Å². The molecule has 8 nitrogen and oxygen atoms in total. The summed E-state index contributed by atoms with van der Waals surface area (Å²) in [5, 5.41) is 18.7. The van der Waals surface area contributed by atoms with Crippen molar-refractivity contribution in [2.75, 3.05) is 27.4 Å². The van der Waals surface area contributed by atoms with Crippen LogP contribution in [0, 0.1) is 0 Å². The van der Waals surface area contributed by atoms with Gasteiger partial charge < -0.3 is 24.6 Å². The summed E-state index contributed by atoms with van der Waals surface area (Å²) < 4.78 is 39.4. The lowest BCUT2D eigenvalue weighted by molar-refractivity contribution is 0.163. The van der Waals surface area contributed by atoms with E-state index in [0.717, 1.165) is 0 Å². The third-order valence-electron chi connectivity index (χ3n) is 4.10. The number of primary sulfonamides is 1. The molecule has 10 heteroatoms. The lowest BCUT2D eigenvalue weighted by atomic mass is 10.1. The third kappa shape index (κ3) is 7.06. The van der Waals surface area contributed by atoms with Gasteiger partial charge in [0.1, 0.15) is 17.3 Å². The van der Waals surface area contributed by atoms with E-state index >= 15 is 0 Å². The maximum Gasteiger partial charge on any atom is 0.241 e. The summed E-state index contributed by atoms with van der Waals surface area (Å²) in [5.41, 5.74) is 0.412. The van der Waals surface area contributed by atoms with Crippen molar-refractivity contribution in [1.29, 1.82) is 0 Å². The van der Waals surface area contributed by atoms with Gasteiger partial charge in [-0.1, -0.05) is 18.2 Å². The molecule has 0 aromatic heterocycles. The van der Waals surface area contributed by atoms with Crippen LogP contribution in [0.15, 0.2) is 47.4 Å². The van der Waals surface area contributed by atoms with Gasteiger partial charge in [-0.25, -0.2) is 13.6 Å². The fourth-order valence-corrected chi connectivity index (χ4v) is 3.30. The van der Waals surface area contributed by atoms with Crippen molar-refractivity contribution in [3.05, 3.63) is 48.0 Å². The smallest absolute Gasteiger partial charge is 0.241 e. The number of sulfonamides is 1. The number of methoxy groups -OCH3 is 2. The largest absolute Gasteiger partial charge is 0.495 e. The Morgan fingerprint density at radius 3 is 2.28 bits per heavy atom. The standard InChI is InChI=1S/C19H26N2O6S.ClH/c1-13(12-27-17-7-5-4-6-16(17)25-2)21-11-15(22)14-8-9-18(26-3)19(10-14)28(20,23)24;/h4-10,13,15,21-22H,11-12H2,1-3H3,(H2,20,23,24);1H. The molecule has 0 aliphatic carbocycles. The number of para-hydroxylation sites is 2. The molecule has 0 amide bonds. The Hall–Kier alpha value is -2.04. The fourth-order valence-electron chi connectivity index (χ4n) is 2.57. The Balaban J connectivity index is 0.00000420. The van der Waals surface area contributed by atoms with Crippen LogP contribution in [0.4, 0.5) is 0 Å². The molecule has 0 saturated heterocycles. The van der Waals surface area contributed by atoms with Crippen LogP contribution in [0.5, 0.6) is 17.2 Å². The number of nitrogens with one attached hydrogen (secondary N) is 1. The normalized spacial score (nSPS) is 13.1. The minimum absolute atomic E-state index is 0. The van der Waals surface area contributed by atoms with Gasteiger partial charge in [-0.3, -0.25) is 0 Å². The van der Waals surface area contributed by atoms with Crippen molar-refractivity contribution < 1.29 is 27.7 Å². The van der Waals surface area contributed by atoms with Crippen LogP contribution in [-0.2, 0) is 10.0 Å². The molecule has 162 valence electrons. The highest BCUT2D eigenvalue weighted by Gasteiger charge is 2.19. The van der Waals surface area contributed by atoms with Crippen molar-refractivity contribution in [2.45, 2.75) is 24.0 Å². The molecule has 0 fully saturated rings. The maximum atomic E-state index is 11.7. The number of hydrogen-bond donors (Lipinski definition) is 3. The maximum absolute atomic E-state index is 11.7. The number of ether oxygens (including phenoxy) is 3. The van der Waals surface area contributed by atoms with E-state index in [1.165, 1.54) is 19.2 Å². The third-order valence-corrected chi connectivity index (χ3v) is 5.03. The number of rotatable bonds is 10. The average Bonchev–Trinajstić information content (AvgIpc) is 2.69. The number of aliphatic hydroxyl groups is 1. The number of aliphatic hydroxyl groups excluding tert-OH is 1. The molecular weight excluding hydrogens is 420 g/mol. The van der Waals surface area contributed by atoms with E-state index in [1.54, 1.807) is 13.2 Å². The highest BCUT2D eigenvalue weighted by molar-refractivity contribution is 7.89. The number of nitrogens with two attached hydrogens (primary N) is 1. The van der Waals surface area contributed by atoms with Crippen LogP contribution in [-0.4, -0.2) is 46.9 Å². The van der Waals surface area contributed by atoms with E-state index < -0.39 is 16.1 Å². The highest BCUT2D eigenvalue weighted by atomic mass is 35.5. The van der Waals surface area contributed by atoms with Gasteiger partial charge in [-0.15, -0.1) is 12.4 Å². The summed E-state index contributed by atoms with van der Waals surface area (Å²) in [5.74, 6) is 1.40. The summed E-state index contributed by atoms with van der Waals surface area (Å²) in [6.07, 6.45) is -0.930. The molecule has 2 unspecified atom stereocenters. The van der Waals surface area contributed by atoms with E-state index in [9.17, 15) is 13.5 Å². The quantitative estimate of drug-likeness (QED) is 0.509. The zero-order chi connectivity index (χ0) is 20.7. The molecule has 4 N–H and O–H groups in total. The molecule has 0 radical (unpaired) electrons. The first-order valence-electron chi connectivity index (χ1n) is 8.64. The fraction of sp³-hybridized carbons (Fsp3) is 0.368. The Morgan fingerprint density at radius 1 is 1.07 bits per heavy atom. The van der Waals surface area contributed by atoms with Crippen molar-refractivity contribution in [3.8, 4) is 17.2 Å². The summed E-state index contributed by atoms with van der Waals surface area (Å²) in [6, 6.07) is 11.6. The van der Waals surface area contributed by atoms with Gasteiger partial charge in [0.2, 0.25) is 10.0 Å². The monoisotopic (exact) mass is 446 g/mol. The van der Waals surface area contributed by atoms with Gasteiger partial charge in [0.25, 0.3) is 0 Å². The minimum Gasteiger partial charge on any atom is -0.495 e. The molecule has 0 aliphatic heterocycles. The summed E-state index contributed by atoms with van der Waals surface area (Å²) in [4.78, 5) is -0.167. The van der Waals surface area contributed by atoms with Crippen molar-refractivity contribution in [3.63, 3.8) is 0 Å². The van der Waals surface area contributed by atoms with Gasteiger partial charge in [0.05, 0.1) is 20.3 Å². The van der Waals surface area contributed by atoms with Gasteiger partial charge in [0, 0.05) is 12.6 Å². The second-order valence-electron chi connectivity index (χ2n) is 6.24. The molecule has 2 aromatic carbocycles. The van der Waals surface area contributed by atoms with E-state index in [-0.39, 0.29) is 35.6 Å².